The second-order valence-electron chi connectivity index (χ2n) is 7.34. The molecule has 1 unspecified atom stereocenters. The lowest BCUT2D eigenvalue weighted by molar-refractivity contribution is 0.340. The van der Waals surface area contributed by atoms with Gasteiger partial charge in [-0.3, -0.25) is 4.18 Å². The van der Waals surface area contributed by atoms with Crippen LogP contribution in [0, 0.1) is 0 Å². The number of unbranched alkanes of at least 4 members (excludes halogenated alkanes) is 9. The predicted octanol–water partition coefficient (Wildman–Crippen LogP) is 6.36. The van der Waals surface area contributed by atoms with Gasteiger partial charge in [0.25, 0.3) is 0 Å². The molecule has 0 aliphatic heterocycles. The smallest absolute Gasteiger partial charge is 0.251 e. The van der Waals surface area contributed by atoms with Gasteiger partial charge in [0.2, 0.25) is 0 Å². The van der Waals surface area contributed by atoms with E-state index in [9.17, 15) is 8.42 Å². The van der Waals surface area contributed by atoms with Crippen molar-refractivity contribution in [1.29, 1.82) is 0 Å². The van der Waals surface area contributed by atoms with Crippen molar-refractivity contribution in [2.45, 2.75) is 76.9 Å². The molecule has 1 aromatic rings. The Balaban J connectivity index is 2.39. The topological polar surface area (TPSA) is 52.6 Å². The van der Waals surface area contributed by atoms with Crippen molar-refractivity contribution in [2.75, 3.05) is 19.1 Å². The highest BCUT2D eigenvalue weighted by molar-refractivity contribution is 8.31. The molecule has 158 valence electrons. The van der Waals surface area contributed by atoms with E-state index in [1.807, 2.05) is 36.6 Å². The van der Waals surface area contributed by atoms with Crippen LogP contribution in [0.3, 0.4) is 0 Å². The minimum atomic E-state index is -3.92. The third-order valence-electron chi connectivity index (χ3n) is 4.70. The molecule has 0 radical (unpaired) electrons. The Morgan fingerprint density at radius 2 is 1.33 bits per heavy atom. The normalized spacial score (nSPS) is 15.4. The van der Waals surface area contributed by atoms with E-state index >= 15 is 0 Å². The standard InChI is InChI=1S/C21H38O4S2/c1-4-5-6-7-8-9-10-11-12-16-19-26(3,25-27(22,23)24-2)20-21-17-14-13-15-18-21/h13-15,17-18H,4-12,16,19-20H2,1-3H3. The fourth-order valence-electron chi connectivity index (χ4n) is 3.18. The zero-order valence-electron chi connectivity index (χ0n) is 17.3. The summed E-state index contributed by atoms with van der Waals surface area (Å²) >= 11 is 0. The van der Waals surface area contributed by atoms with E-state index in [-0.39, 0.29) is 0 Å². The zero-order valence-corrected chi connectivity index (χ0v) is 19.0. The van der Waals surface area contributed by atoms with Crippen LogP contribution in [0.25, 0.3) is 0 Å². The maximum absolute atomic E-state index is 11.9. The lowest BCUT2D eigenvalue weighted by atomic mass is 10.1. The van der Waals surface area contributed by atoms with Crippen molar-refractivity contribution in [3.63, 3.8) is 0 Å². The third kappa shape index (κ3) is 11.8. The molecule has 0 spiro atoms. The van der Waals surface area contributed by atoms with Gasteiger partial charge in [0.05, 0.1) is 7.11 Å². The minimum Gasteiger partial charge on any atom is -0.251 e. The van der Waals surface area contributed by atoms with Crippen LogP contribution >= 0.6 is 10.3 Å². The first-order valence-corrected chi connectivity index (χ1v) is 13.8. The molecule has 0 bridgehead atoms. The summed E-state index contributed by atoms with van der Waals surface area (Å²) in [4.78, 5) is 0. The van der Waals surface area contributed by atoms with Crippen LogP contribution in [0.1, 0.15) is 76.7 Å². The summed E-state index contributed by atoms with van der Waals surface area (Å²) < 4.78 is 33.8. The first kappa shape index (κ1) is 24.5. The van der Waals surface area contributed by atoms with Crippen LogP contribution < -0.4 is 0 Å². The van der Waals surface area contributed by atoms with Crippen LogP contribution in [0.15, 0.2) is 30.3 Å². The zero-order chi connectivity index (χ0) is 20.0. The molecule has 4 nitrogen and oxygen atoms in total. The lowest BCUT2D eigenvalue weighted by Gasteiger charge is -2.34. The Kier molecular flexibility index (Phi) is 12.3. The van der Waals surface area contributed by atoms with Gasteiger partial charge in [0.1, 0.15) is 0 Å². The summed E-state index contributed by atoms with van der Waals surface area (Å²) in [6.45, 7) is 2.25. The molecular formula is C21H38O4S2. The van der Waals surface area contributed by atoms with E-state index in [1.54, 1.807) is 0 Å². The second kappa shape index (κ2) is 13.6. The van der Waals surface area contributed by atoms with Gasteiger partial charge in [0.15, 0.2) is 0 Å². The number of hydrogen-bond donors (Lipinski definition) is 0. The monoisotopic (exact) mass is 418 g/mol. The number of benzene rings is 1. The molecule has 1 aromatic carbocycles. The van der Waals surface area contributed by atoms with Crippen LogP contribution in [0.5, 0.6) is 0 Å². The highest BCUT2D eigenvalue weighted by Gasteiger charge is 2.27. The van der Waals surface area contributed by atoms with Gasteiger partial charge in [-0.05, 0) is 18.2 Å². The maximum atomic E-state index is 11.9. The molecular weight excluding hydrogens is 380 g/mol. The van der Waals surface area contributed by atoms with Gasteiger partial charge in [-0.2, -0.15) is 12.0 Å². The molecule has 0 aliphatic carbocycles. The van der Waals surface area contributed by atoms with E-state index in [1.165, 1.54) is 51.4 Å². The summed E-state index contributed by atoms with van der Waals surface area (Å²) in [5, 5.41) is 0. The molecule has 1 atom stereocenters. The maximum Gasteiger partial charge on any atom is 0.409 e. The average molecular weight is 419 g/mol. The lowest BCUT2D eigenvalue weighted by Crippen LogP contribution is -2.17. The second-order valence-corrected chi connectivity index (χ2v) is 12.1. The molecule has 1 rings (SSSR count). The SMILES string of the molecule is CCCCCCCCCCCCS(C)(Cc1ccccc1)OS(=O)(=O)OC. The third-order valence-corrected chi connectivity index (χ3v) is 9.18. The average Bonchev–Trinajstić information content (AvgIpc) is 2.63. The number of hydrogen-bond acceptors (Lipinski definition) is 4. The Morgan fingerprint density at radius 1 is 0.815 bits per heavy atom. The largest absolute Gasteiger partial charge is 0.409 e. The first-order chi connectivity index (χ1) is 12.9. The van der Waals surface area contributed by atoms with E-state index < -0.39 is 20.7 Å². The molecule has 27 heavy (non-hydrogen) atoms. The van der Waals surface area contributed by atoms with Crippen LogP contribution in [0.2, 0.25) is 0 Å². The predicted molar refractivity (Wildman–Crippen MR) is 117 cm³/mol. The molecule has 0 N–H and O–H groups in total. The Hall–Kier alpha value is -0.560. The van der Waals surface area contributed by atoms with Crippen molar-refractivity contribution in [1.82, 2.24) is 0 Å². The summed E-state index contributed by atoms with van der Waals surface area (Å²) in [5.74, 6) is 1.41. The van der Waals surface area contributed by atoms with Crippen molar-refractivity contribution in [3.05, 3.63) is 35.9 Å². The summed E-state index contributed by atoms with van der Waals surface area (Å²) in [6, 6.07) is 9.95. The molecule has 0 amide bonds. The van der Waals surface area contributed by atoms with Crippen molar-refractivity contribution < 1.29 is 16.2 Å². The van der Waals surface area contributed by atoms with E-state index in [0.717, 1.165) is 31.3 Å². The van der Waals surface area contributed by atoms with Gasteiger partial charge in [-0.15, -0.1) is 10.3 Å². The molecule has 0 saturated heterocycles. The van der Waals surface area contributed by atoms with Crippen molar-refractivity contribution >= 4 is 20.7 Å². The molecule has 0 heterocycles. The van der Waals surface area contributed by atoms with Crippen LogP contribution in [0.4, 0.5) is 0 Å². The summed E-state index contributed by atoms with van der Waals surface area (Å²) in [5.41, 5.74) is 1.10. The molecule has 0 aliphatic rings. The van der Waals surface area contributed by atoms with Gasteiger partial charge >= 0.3 is 10.4 Å². The molecule has 0 aromatic heterocycles. The van der Waals surface area contributed by atoms with E-state index in [0.29, 0.717) is 5.75 Å². The van der Waals surface area contributed by atoms with Crippen molar-refractivity contribution in [3.8, 4) is 0 Å². The molecule has 0 saturated carbocycles. The van der Waals surface area contributed by atoms with Crippen molar-refractivity contribution in [2.24, 2.45) is 0 Å². The molecule has 6 heteroatoms. The first-order valence-electron chi connectivity index (χ1n) is 10.2. The number of rotatable bonds is 16. The fraction of sp³-hybridized carbons (Fsp3) is 0.714. The Labute approximate surface area is 168 Å². The Morgan fingerprint density at radius 3 is 1.85 bits per heavy atom. The summed E-state index contributed by atoms with van der Waals surface area (Å²) in [7, 11) is -4.55. The van der Waals surface area contributed by atoms with Gasteiger partial charge in [-0.25, -0.2) is 0 Å². The highest BCUT2D eigenvalue weighted by Crippen LogP contribution is 2.51. The highest BCUT2D eigenvalue weighted by atomic mass is 32.3. The van der Waals surface area contributed by atoms with Gasteiger partial charge in [0, 0.05) is 11.5 Å². The minimum absolute atomic E-state index is 0.633. The van der Waals surface area contributed by atoms with E-state index in [2.05, 4.69) is 11.1 Å². The Bertz CT molecular complexity index is 589. The summed E-state index contributed by atoms with van der Waals surface area (Å²) in [6.07, 6.45) is 14.6. The van der Waals surface area contributed by atoms with Gasteiger partial charge < -0.3 is 0 Å². The quantitative estimate of drug-likeness (QED) is 0.293. The van der Waals surface area contributed by atoms with Crippen LogP contribution in [-0.2, 0) is 24.0 Å². The van der Waals surface area contributed by atoms with Gasteiger partial charge in [-0.1, -0.05) is 95.0 Å². The van der Waals surface area contributed by atoms with E-state index in [4.69, 9.17) is 3.63 Å². The van der Waals surface area contributed by atoms with Crippen LogP contribution in [-0.4, -0.2) is 27.5 Å². The molecule has 0 fully saturated rings. The fourth-order valence-corrected chi connectivity index (χ4v) is 7.33.